The molecule has 2 heterocycles. The van der Waals surface area contributed by atoms with Crippen LogP contribution in [-0.4, -0.2) is 15.9 Å². The van der Waals surface area contributed by atoms with Gasteiger partial charge in [0.05, 0.1) is 22.5 Å². The Kier molecular flexibility index (Phi) is 4.77. The summed E-state index contributed by atoms with van der Waals surface area (Å²) in [5.41, 5.74) is 2.32. The van der Waals surface area contributed by atoms with Gasteiger partial charge in [-0.25, -0.2) is 4.98 Å². The van der Waals surface area contributed by atoms with Crippen LogP contribution in [-0.2, 0) is 6.54 Å². The molecule has 0 aliphatic carbocycles. The molecule has 2 aromatic carbocycles. The van der Waals surface area contributed by atoms with Gasteiger partial charge < -0.3 is 0 Å². The molecular weight excluding hydrogens is 410 g/mol. The van der Waals surface area contributed by atoms with Crippen molar-refractivity contribution in [3.63, 3.8) is 0 Å². The van der Waals surface area contributed by atoms with Gasteiger partial charge in [0.25, 0.3) is 5.91 Å². The number of anilines is 1. The van der Waals surface area contributed by atoms with Crippen LogP contribution in [0.15, 0.2) is 77.4 Å². The highest BCUT2D eigenvalue weighted by atomic mass is 79.9. The highest BCUT2D eigenvalue weighted by molar-refractivity contribution is 9.10. The average Bonchev–Trinajstić information content (AvgIpc) is 3.11. The van der Waals surface area contributed by atoms with Gasteiger partial charge >= 0.3 is 0 Å². The lowest BCUT2D eigenvalue weighted by Gasteiger charge is -2.19. The number of thiazole rings is 1. The van der Waals surface area contributed by atoms with Gasteiger partial charge in [-0.15, -0.1) is 0 Å². The van der Waals surface area contributed by atoms with Crippen LogP contribution in [0.5, 0.6) is 0 Å². The summed E-state index contributed by atoms with van der Waals surface area (Å²) in [7, 11) is 0. The van der Waals surface area contributed by atoms with E-state index in [2.05, 4.69) is 25.9 Å². The minimum atomic E-state index is -0.0952. The highest BCUT2D eigenvalue weighted by Gasteiger charge is 2.22. The van der Waals surface area contributed by atoms with E-state index in [4.69, 9.17) is 0 Å². The summed E-state index contributed by atoms with van der Waals surface area (Å²) >= 11 is 4.92. The zero-order valence-corrected chi connectivity index (χ0v) is 16.1. The molecule has 0 unspecified atom stereocenters. The SMILES string of the molecule is O=C(c1ccc(Br)cc1)N(Cc1ccccn1)c1nc2ccccc2s1. The molecule has 4 rings (SSSR count). The predicted molar refractivity (Wildman–Crippen MR) is 109 cm³/mol. The number of halogens is 1. The topological polar surface area (TPSA) is 46.1 Å². The fourth-order valence-corrected chi connectivity index (χ4v) is 3.83. The standard InChI is InChI=1S/C20H14BrN3OS/c21-15-10-8-14(9-11-15)19(25)24(13-16-5-3-4-12-22-16)20-23-17-6-1-2-7-18(17)26-20/h1-12H,13H2. The number of rotatable bonds is 4. The molecule has 0 N–H and O–H groups in total. The molecule has 0 spiro atoms. The summed E-state index contributed by atoms with van der Waals surface area (Å²) in [6.45, 7) is 0.371. The van der Waals surface area contributed by atoms with Gasteiger partial charge in [-0.05, 0) is 48.5 Å². The van der Waals surface area contributed by atoms with Crippen LogP contribution in [0.3, 0.4) is 0 Å². The number of pyridine rings is 1. The molecule has 2 aromatic heterocycles. The van der Waals surface area contributed by atoms with E-state index in [-0.39, 0.29) is 5.91 Å². The Labute approximate surface area is 163 Å². The molecule has 0 saturated heterocycles. The molecule has 0 aliphatic heterocycles. The average molecular weight is 424 g/mol. The fourth-order valence-electron chi connectivity index (χ4n) is 2.60. The van der Waals surface area contributed by atoms with Gasteiger partial charge in [-0.3, -0.25) is 14.7 Å². The quantitative estimate of drug-likeness (QED) is 0.447. The minimum absolute atomic E-state index is 0.0952. The summed E-state index contributed by atoms with van der Waals surface area (Å²) in [4.78, 5) is 23.9. The third kappa shape index (κ3) is 3.52. The number of fused-ring (bicyclic) bond motifs is 1. The maximum absolute atomic E-state index is 13.2. The van der Waals surface area contributed by atoms with Crippen molar-refractivity contribution in [2.75, 3.05) is 4.90 Å². The Hall–Kier alpha value is -2.57. The number of hydrogen-bond donors (Lipinski definition) is 0. The zero-order valence-electron chi connectivity index (χ0n) is 13.7. The smallest absolute Gasteiger partial charge is 0.260 e. The molecule has 1 amide bonds. The third-order valence-electron chi connectivity index (χ3n) is 3.90. The largest absolute Gasteiger partial charge is 0.278 e. The molecule has 6 heteroatoms. The predicted octanol–water partition coefficient (Wildman–Crippen LogP) is 5.30. The van der Waals surface area contributed by atoms with E-state index >= 15 is 0 Å². The van der Waals surface area contributed by atoms with Crippen molar-refractivity contribution in [3.05, 3.63) is 88.7 Å². The number of carbonyl (C=O) groups is 1. The maximum atomic E-state index is 13.2. The van der Waals surface area contributed by atoms with E-state index in [1.807, 2.05) is 66.7 Å². The Morgan fingerprint density at radius 1 is 1.00 bits per heavy atom. The lowest BCUT2D eigenvalue weighted by atomic mass is 10.2. The van der Waals surface area contributed by atoms with Crippen LogP contribution in [0.25, 0.3) is 10.2 Å². The van der Waals surface area contributed by atoms with Crippen molar-refractivity contribution < 1.29 is 4.79 Å². The Morgan fingerprint density at radius 2 is 1.77 bits per heavy atom. The molecule has 0 bridgehead atoms. The van der Waals surface area contributed by atoms with Crippen LogP contribution in [0.4, 0.5) is 5.13 Å². The highest BCUT2D eigenvalue weighted by Crippen LogP contribution is 2.30. The monoisotopic (exact) mass is 423 g/mol. The lowest BCUT2D eigenvalue weighted by molar-refractivity contribution is 0.0985. The molecule has 4 nitrogen and oxygen atoms in total. The van der Waals surface area contributed by atoms with Gasteiger partial charge in [-0.1, -0.05) is 45.5 Å². The van der Waals surface area contributed by atoms with Gasteiger partial charge in [0.1, 0.15) is 0 Å². The van der Waals surface area contributed by atoms with Crippen molar-refractivity contribution >= 4 is 48.5 Å². The third-order valence-corrected chi connectivity index (χ3v) is 5.48. The van der Waals surface area contributed by atoms with Crippen LogP contribution >= 0.6 is 27.3 Å². The van der Waals surface area contributed by atoms with Gasteiger partial charge in [-0.2, -0.15) is 0 Å². The first kappa shape index (κ1) is 16.9. The van der Waals surface area contributed by atoms with Crippen LogP contribution in [0.2, 0.25) is 0 Å². The van der Waals surface area contributed by atoms with E-state index in [1.165, 1.54) is 11.3 Å². The molecule has 0 fully saturated rings. The molecular formula is C20H14BrN3OS. The Balaban J connectivity index is 1.75. The molecule has 0 saturated carbocycles. The zero-order chi connectivity index (χ0) is 17.9. The van der Waals surface area contributed by atoms with Crippen molar-refractivity contribution in [1.82, 2.24) is 9.97 Å². The molecule has 4 aromatic rings. The second kappa shape index (κ2) is 7.35. The second-order valence-corrected chi connectivity index (χ2v) is 7.61. The fraction of sp³-hybridized carbons (Fsp3) is 0.0500. The number of aromatic nitrogens is 2. The van der Waals surface area contributed by atoms with Crippen LogP contribution in [0.1, 0.15) is 16.1 Å². The summed E-state index contributed by atoms with van der Waals surface area (Å²) in [6, 6.07) is 20.9. The first-order valence-corrected chi connectivity index (χ1v) is 9.64. The van der Waals surface area contributed by atoms with E-state index in [1.54, 1.807) is 11.1 Å². The number of nitrogens with zero attached hydrogens (tertiary/aromatic N) is 3. The normalized spacial score (nSPS) is 10.8. The van der Waals surface area contributed by atoms with E-state index in [0.29, 0.717) is 17.2 Å². The van der Waals surface area contributed by atoms with E-state index < -0.39 is 0 Å². The first-order chi connectivity index (χ1) is 12.7. The molecule has 0 atom stereocenters. The van der Waals surface area contributed by atoms with E-state index in [9.17, 15) is 4.79 Å². The number of amides is 1. The molecule has 26 heavy (non-hydrogen) atoms. The summed E-state index contributed by atoms with van der Waals surface area (Å²) in [6.07, 6.45) is 1.73. The second-order valence-electron chi connectivity index (χ2n) is 5.68. The number of benzene rings is 2. The Morgan fingerprint density at radius 3 is 2.50 bits per heavy atom. The molecule has 0 radical (unpaired) electrons. The van der Waals surface area contributed by atoms with Crippen molar-refractivity contribution in [2.45, 2.75) is 6.54 Å². The Bertz CT molecular complexity index is 1010. The van der Waals surface area contributed by atoms with Gasteiger partial charge in [0.15, 0.2) is 5.13 Å². The van der Waals surface area contributed by atoms with Crippen molar-refractivity contribution in [2.24, 2.45) is 0 Å². The molecule has 128 valence electrons. The van der Waals surface area contributed by atoms with E-state index in [0.717, 1.165) is 20.4 Å². The summed E-state index contributed by atoms with van der Waals surface area (Å²) in [5.74, 6) is -0.0952. The van der Waals surface area contributed by atoms with Crippen LogP contribution in [0, 0.1) is 0 Å². The first-order valence-electron chi connectivity index (χ1n) is 8.03. The summed E-state index contributed by atoms with van der Waals surface area (Å²) < 4.78 is 1.99. The number of hydrogen-bond acceptors (Lipinski definition) is 4. The molecule has 0 aliphatic rings. The number of carbonyl (C=O) groups excluding carboxylic acids is 1. The van der Waals surface area contributed by atoms with Crippen LogP contribution < -0.4 is 4.90 Å². The van der Waals surface area contributed by atoms with Gasteiger partial charge in [0, 0.05) is 16.2 Å². The summed E-state index contributed by atoms with van der Waals surface area (Å²) in [5, 5.41) is 0.671. The minimum Gasteiger partial charge on any atom is -0.278 e. The van der Waals surface area contributed by atoms with Gasteiger partial charge in [0.2, 0.25) is 0 Å². The maximum Gasteiger partial charge on any atom is 0.260 e. The van der Waals surface area contributed by atoms with Crippen molar-refractivity contribution in [3.8, 4) is 0 Å². The van der Waals surface area contributed by atoms with Crippen molar-refractivity contribution in [1.29, 1.82) is 0 Å². The number of para-hydroxylation sites is 1. The lowest BCUT2D eigenvalue weighted by Crippen LogP contribution is -2.30.